The van der Waals surface area contributed by atoms with E-state index in [1.807, 2.05) is 0 Å². The molecule has 0 spiro atoms. The molecule has 3 saturated carbocycles. The molecule has 3 atom stereocenters. The first-order chi connectivity index (χ1) is 10.3. The fourth-order valence-electron chi connectivity index (χ4n) is 4.99. The molecule has 4 fully saturated rings. The SMILES string of the molecule is CC(C1CC1)N1CC(CC2CC2)CC(NC2CCCC2)C1. The zero-order valence-electron chi connectivity index (χ0n) is 13.9. The molecule has 0 aromatic heterocycles. The van der Waals surface area contributed by atoms with Gasteiger partial charge in [-0.25, -0.2) is 0 Å². The van der Waals surface area contributed by atoms with Crippen LogP contribution in [0.25, 0.3) is 0 Å². The second kappa shape index (κ2) is 6.20. The minimum atomic E-state index is 0.784. The van der Waals surface area contributed by atoms with Gasteiger partial charge in [-0.15, -0.1) is 0 Å². The molecule has 0 aromatic carbocycles. The highest BCUT2D eigenvalue weighted by molar-refractivity contribution is 4.94. The quantitative estimate of drug-likeness (QED) is 0.800. The molecular weight excluding hydrogens is 256 g/mol. The topological polar surface area (TPSA) is 15.3 Å². The first-order valence-corrected chi connectivity index (χ1v) is 9.78. The molecule has 3 aliphatic carbocycles. The molecule has 4 aliphatic rings. The summed E-state index contributed by atoms with van der Waals surface area (Å²) in [6.45, 7) is 5.23. The van der Waals surface area contributed by atoms with Crippen molar-refractivity contribution in [1.29, 1.82) is 0 Å². The summed E-state index contributed by atoms with van der Waals surface area (Å²) < 4.78 is 0. The van der Waals surface area contributed by atoms with Crippen molar-refractivity contribution in [3.05, 3.63) is 0 Å². The van der Waals surface area contributed by atoms with Crippen LogP contribution < -0.4 is 5.32 Å². The lowest BCUT2D eigenvalue weighted by Gasteiger charge is -2.42. The Hall–Kier alpha value is -0.0800. The van der Waals surface area contributed by atoms with E-state index < -0.39 is 0 Å². The number of hydrogen-bond acceptors (Lipinski definition) is 2. The van der Waals surface area contributed by atoms with E-state index in [1.165, 1.54) is 77.3 Å². The smallest absolute Gasteiger partial charge is 0.0200 e. The average molecular weight is 290 g/mol. The van der Waals surface area contributed by atoms with Crippen molar-refractivity contribution in [2.45, 2.75) is 89.3 Å². The van der Waals surface area contributed by atoms with Gasteiger partial charge < -0.3 is 5.32 Å². The van der Waals surface area contributed by atoms with Crippen LogP contribution in [0.3, 0.4) is 0 Å². The molecule has 0 bridgehead atoms. The standard InChI is InChI=1S/C19H34N2/c1-14(17-8-9-17)21-12-16(10-15-6-7-15)11-19(13-21)20-18-4-2-3-5-18/h14-20H,2-13H2,1H3. The van der Waals surface area contributed by atoms with Crippen molar-refractivity contribution in [1.82, 2.24) is 10.2 Å². The minimum Gasteiger partial charge on any atom is -0.310 e. The summed E-state index contributed by atoms with van der Waals surface area (Å²) in [6.07, 6.45) is 14.8. The van der Waals surface area contributed by atoms with Gasteiger partial charge in [0, 0.05) is 31.2 Å². The highest BCUT2D eigenvalue weighted by Gasteiger charge is 2.38. The van der Waals surface area contributed by atoms with E-state index in [2.05, 4.69) is 17.1 Å². The first kappa shape index (κ1) is 14.5. The third kappa shape index (κ3) is 3.82. The molecule has 21 heavy (non-hydrogen) atoms. The van der Waals surface area contributed by atoms with Crippen LogP contribution in [0.2, 0.25) is 0 Å². The summed E-state index contributed by atoms with van der Waals surface area (Å²) in [5.74, 6) is 3.10. The largest absolute Gasteiger partial charge is 0.310 e. The van der Waals surface area contributed by atoms with E-state index in [0.29, 0.717) is 0 Å². The van der Waals surface area contributed by atoms with Gasteiger partial charge in [0.25, 0.3) is 0 Å². The van der Waals surface area contributed by atoms with E-state index in [-0.39, 0.29) is 0 Å². The second-order valence-corrected chi connectivity index (χ2v) is 8.66. The van der Waals surface area contributed by atoms with E-state index in [0.717, 1.165) is 35.9 Å². The molecule has 0 radical (unpaired) electrons. The maximum atomic E-state index is 4.04. The fourth-order valence-corrected chi connectivity index (χ4v) is 4.99. The Morgan fingerprint density at radius 1 is 0.905 bits per heavy atom. The summed E-state index contributed by atoms with van der Waals surface area (Å²) in [4.78, 5) is 2.86. The molecule has 1 aliphatic heterocycles. The van der Waals surface area contributed by atoms with Crippen molar-refractivity contribution in [3.8, 4) is 0 Å². The number of piperidine rings is 1. The van der Waals surface area contributed by atoms with Gasteiger partial charge in [0.05, 0.1) is 0 Å². The summed E-state index contributed by atoms with van der Waals surface area (Å²) in [7, 11) is 0. The predicted molar refractivity (Wildman–Crippen MR) is 88.4 cm³/mol. The lowest BCUT2D eigenvalue weighted by Crippen LogP contribution is -2.54. The van der Waals surface area contributed by atoms with Crippen LogP contribution >= 0.6 is 0 Å². The Balaban J connectivity index is 1.36. The van der Waals surface area contributed by atoms with Crippen LogP contribution in [-0.4, -0.2) is 36.1 Å². The second-order valence-electron chi connectivity index (χ2n) is 8.66. The average Bonchev–Trinajstić information content (AvgIpc) is 3.40. The number of rotatable bonds is 6. The molecule has 0 aromatic rings. The first-order valence-electron chi connectivity index (χ1n) is 9.78. The van der Waals surface area contributed by atoms with Gasteiger partial charge in [-0.1, -0.05) is 25.7 Å². The maximum Gasteiger partial charge on any atom is 0.0200 e. The molecule has 120 valence electrons. The minimum absolute atomic E-state index is 0.784. The molecule has 2 nitrogen and oxygen atoms in total. The third-order valence-electron chi connectivity index (χ3n) is 6.64. The van der Waals surface area contributed by atoms with Crippen LogP contribution in [0.4, 0.5) is 0 Å². The number of nitrogens with zero attached hydrogens (tertiary/aromatic N) is 1. The molecule has 4 rings (SSSR count). The van der Waals surface area contributed by atoms with Gasteiger partial charge in [0.1, 0.15) is 0 Å². The Labute approximate surface area is 131 Å². The van der Waals surface area contributed by atoms with Crippen molar-refractivity contribution in [3.63, 3.8) is 0 Å². The van der Waals surface area contributed by atoms with Crippen molar-refractivity contribution in [2.24, 2.45) is 17.8 Å². The summed E-state index contributed by atoms with van der Waals surface area (Å²) in [5, 5.41) is 4.04. The maximum absolute atomic E-state index is 4.04. The van der Waals surface area contributed by atoms with Gasteiger partial charge in [-0.05, 0) is 63.2 Å². The van der Waals surface area contributed by atoms with Crippen LogP contribution in [0.5, 0.6) is 0 Å². The Bertz CT molecular complexity index is 341. The van der Waals surface area contributed by atoms with Gasteiger partial charge in [-0.2, -0.15) is 0 Å². The molecule has 1 N–H and O–H groups in total. The van der Waals surface area contributed by atoms with Crippen LogP contribution in [0.1, 0.15) is 71.1 Å². The molecule has 1 heterocycles. The predicted octanol–water partition coefficient (Wildman–Crippen LogP) is 3.81. The fraction of sp³-hybridized carbons (Fsp3) is 1.00. The Kier molecular flexibility index (Phi) is 4.28. The lowest BCUT2D eigenvalue weighted by atomic mass is 9.88. The van der Waals surface area contributed by atoms with E-state index in [9.17, 15) is 0 Å². The molecular formula is C19H34N2. The van der Waals surface area contributed by atoms with Crippen LogP contribution in [0.15, 0.2) is 0 Å². The lowest BCUT2D eigenvalue weighted by molar-refractivity contribution is 0.0848. The summed E-state index contributed by atoms with van der Waals surface area (Å²) >= 11 is 0. The van der Waals surface area contributed by atoms with Gasteiger partial charge in [0.2, 0.25) is 0 Å². The zero-order valence-corrected chi connectivity index (χ0v) is 13.9. The molecule has 0 amide bonds. The normalized spacial score (nSPS) is 37.0. The van der Waals surface area contributed by atoms with E-state index in [4.69, 9.17) is 0 Å². The summed E-state index contributed by atoms with van der Waals surface area (Å²) in [5.41, 5.74) is 0. The Morgan fingerprint density at radius 2 is 1.67 bits per heavy atom. The van der Waals surface area contributed by atoms with Crippen LogP contribution in [0, 0.1) is 17.8 Å². The summed E-state index contributed by atoms with van der Waals surface area (Å²) in [6, 6.07) is 2.47. The van der Waals surface area contributed by atoms with Gasteiger partial charge in [0.15, 0.2) is 0 Å². The number of hydrogen-bond donors (Lipinski definition) is 1. The van der Waals surface area contributed by atoms with Crippen molar-refractivity contribution in [2.75, 3.05) is 13.1 Å². The molecule has 3 unspecified atom stereocenters. The highest BCUT2D eigenvalue weighted by Crippen LogP contribution is 2.40. The Morgan fingerprint density at radius 3 is 2.33 bits per heavy atom. The zero-order chi connectivity index (χ0) is 14.2. The third-order valence-corrected chi connectivity index (χ3v) is 6.64. The van der Waals surface area contributed by atoms with Crippen LogP contribution in [-0.2, 0) is 0 Å². The highest BCUT2D eigenvalue weighted by atomic mass is 15.2. The molecule has 1 saturated heterocycles. The van der Waals surface area contributed by atoms with Gasteiger partial charge >= 0.3 is 0 Å². The molecule has 2 heteroatoms. The number of nitrogens with one attached hydrogen (secondary N) is 1. The van der Waals surface area contributed by atoms with E-state index >= 15 is 0 Å². The van der Waals surface area contributed by atoms with Crippen molar-refractivity contribution < 1.29 is 0 Å². The number of likely N-dealkylation sites (tertiary alicyclic amines) is 1. The van der Waals surface area contributed by atoms with E-state index in [1.54, 1.807) is 0 Å². The van der Waals surface area contributed by atoms with Gasteiger partial charge in [-0.3, -0.25) is 4.90 Å². The monoisotopic (exact) mass is 290 g/mol. The van der Waals surface area contributed by atoms with Crippen molar-refractivity contribution >= 4 is 0 Å².